The normalized spacial score (nSPS) is 17.5. The minimum absolute atomic E-state index is 0.0598. The van der Waals surface area contributed by atoms with Crippen molar-refractivity contribution in [2.45, 2.75) is 45.7 Å². The van der Waals surface area contributed by atoms with Gasteiger partial charge in [-0.3, -0.25) is 9.69 Å². The average Bonchev–Trinajstić information content (AvgIpc) is 3.39. The smallest absolute Gasteiger partial charge is 0.293 e. The molecular weight excluding hydrogens is 434 g/mol. The summed E-state index contributed by atoms with van der Waals surface area (Å²) in [4.78, 5) is 15.3. The number of amides is 1. The summed E-state index contributed by atoms with van der Waals surface area (Å²) in [6, 6.07) is 7.58. The number of benzene rings is 1. The first-order chi connectivity index (χ1) is 15.4. The highest BCUT2D eigenvalue weighted by atomic mass is 35.5. The third-order valence-electron chi connectivity index (χ3n) is 5.54. The van der Waals surface area contributed by atoms with Gasteiger partial charge in [-0.1, -0.05) is 35.4 Å². The number of nitrogens with two attached hydrogens (primary N) is 1. The van der Waals surface area contributed by atoms with E-state index in [9.17, 15) is 4.79 Å². The van der Waals surface area contributed by atoms with Crippen LogP contribution in [-0.4, -0.2) is 54.4 Å². The van der Waals surface area contributed by atoms with Crippen LogP contribution in [-0.2, 0) is 6.54 Å². The molecule has 0 spiro atoms. The first-order valence-corrected chi connectivity index (χ1v) is 10.7. The van der Waals surface area contributed by atoms with Gasteiger partial charge in [-0.05, 0) is 61.2 Å². The molecule has 3 heterocycles. The third-order valence-corrected chi connectivity index (χ3v) is 5.77. The van der Waals surface area contributed by atoms with E-state index >= 15 is 0 Å². The Morgan fingerprint density at radius 2 is 2.22 bits per heavy atom. The lowest BCUT2D eigenvalue weighted by Crippen LogP contribution is -2.38. The molecule has 1 atom stereocenters. The molecule has 1 amide bonds. The zero-order valence-corrected chi connectivity index (χ0v) is 18.6. The molecule has 1 saturated heterocycles. The molecule has 3 N–H and O–H groups in total. The molecule has 0 radical (unpaired) electrons. The molecule has 12 heteroatoms. The Hall–Kier alpha value is -3.31. The number of nitrogens with zero attached hydrogens (tertiary/aromatic N) is 7. The number of hydrogen-bond donors (Lipinski definition) is 2. The molecule has 0 aliphatic carbocycles. The summed E-state index contributed by atoms with van der Waals surface area (Å²) in [6.07, 6.45) is 3.35. The maximum absolute atomic E-state index is 13.0. The highest BCUT2D eigenvalue weighted by Crippen LogP contribution is 2.22. The molecule has 168 valence electrons. The number of aromatic nitrogens is 5. The third kappa shape index (κ3) is 4.63. The second-order valence-corrected chi connectivity index (χ2v) is 8.17. The predicted octanol–water partition coefficient (Wildman–Crippen LogP) is 2.41. The fourth-order valence-electron chi connectivity index (χ4n) is 3.68. The van der Waals surface area contributed by atoms with Crippen molar-refractivity contribution in [3.05, 3.63) is 46.2 Å². The summed E-state index contributed by atoms with van der Waals surface area (Å²) in [5.41, 5.74) is 10.5. The fraction of sp³-hybridized carbons (Fsp3) is 0.400. The monoisotopic (exact) mass is 457 g/mol. The second-order valence-electron chi connectivity index (χ2n) is 7.73. The van der Waals surface area contributed by atoms with Gasteiger partial charge in [0.1, 0.15) is 0 Å². The standard InChI is InChI=1S/C20H24ClN9O2/c1-12-6-3-4-9-29(12)11-16-17(24-28-30(16)19-18(22)26-32-27-19)20(31)25-23-13(2)14-7-5-8-15(21)10-14/h5,7-8,10,12H,3-4,6,9,11H2,1-2H3,(H2,22,26)(H,25,31)/b23-13-. The molecule has 1 fully saturated rings. The van der Waals surface area contributed by atoms with E-state index in [-0.39, 0.29) is 17.3 Å². The lowest BCUT2D eigenvalue weighted by molar-refractivity contribution is 0.0944. The Morgan fingerprint density at radius 1 is 1.38 bits per heavy atom. The van der Waals surface area contributed by atoms with Crippen molar-refractivity contribution in [1.29, 1.82) is 0 Å². The van der Waals surface area contributed by atoms with Gasteiger partial charge < -0.3 is 5.73 Å². The van der Waals surface area contributed by atoms with Crippen molar-refractivity contribution in [2.24, 2.45) is 5.10 Å². The minimum Gasteiger partial charge on any atom is -0.378 e. The van der Waals surface area contributed by atoms with Gasteiger partial charge in [0.15, 0.2) is 5.69 Å². The maximum atomic E-state index is 13.0. The number of carbonyl (C=O) groups is 1. The summed E-state index contributed by atoms with van der Waals surface area (Å²) in [5, 5.41) is 20.4. The molecule has 32 heavy (non-hydrogen) atoms. The summed E-state index contributed by atoms with van der Waals surface area (Å²) in [6.45, 7) is 5.30. The van der Waals surface area contributed by atoms with E-state index in [1.54, 1.807) is 19.1 Å². The van der Waals surface area contributed by atoms with Gasteiger partial charge in [-0.15, -0.1) is 5.10 Å². The molecular formula is C20H24ClN9O2. The van der Waals surface area contributed by atoms with E-state index in [1.807, 2.05) is 12.1 Å². The van der Waals surface area contributed by atoms with Crippen LogP contribution in [0.5, 0.6) is 0 Å². The molecule has 1 unspecified atom stereocenters. The highest BCUT2D eigenvalue weighted by molar-refractivity contribution is 6.31. The minimum atomic E-state index is -0.493. The first-order valence-electron chi connectivity index (χ1n) is 10.3. The molecule has 1 aliphatic rings. The number of rotatable bonds is 6. The van der Waals surface area contributed by atoms with Crippen LogP contribution in [0.1, 0.15) is 54.9 Å². The number of carbonyl (C=O) groups excluding carboxylic acids is 1. The molecule has 2 aromatic heterocycles. The van der Waals surface area contributed by atoms with E-state index in [4.69, 9.17) is 22.0 Å². The molecule has 3 aromatic rings. The predicted molar refractivity (Wildman–Crippen MR) is 118 cm³/mol. The van der Waals surface area contributed by atoms with E-state index < -0.39 is 5.91 Å². The number of piperidine rings is 1. The number of hydrogen-bond acceptors (Lipinski definition) is 9. The number of anilines is 1. The molecule has 4 rings (SSSR count). The van der Waals surface area contributed by atoms with Gasteiger partial charge in [0.25, 0.3) is 5.91 Å². The Balaban J connectivity index is 1.62. The average molecular weight is 458 g/mol. The Kier molecular flexibility index (Phi) is 6.47. The fourth-order valence-corrected chi connectivity index (χ4v) is 3.87. The summed E-state index contributed by atoms with van der Waals surface area (Å²) < 4.78 is 6.11. The van der Waals surface area contributed by atoms with Crippen molar-refractivity contribution in [1.82, 2.24) is 35.6 Å². The van der Waals surface area contributed by atoms with Crippen LogP contribution >= 0.6 is 11.6 Å². The van der Waals surface area contributed by atoms with Crippen LogP contribution in [0.3, 0.4) is 0 Å². The van der Waals surface area contributed by atoms with Gasteiger partial charge in [-0.25, -0.2) is 10.1 Å². The van der Waals surface area contributed by atoms with Crippen molar-refractivity contribution < 1.29 is 9.42 Å². The van der Waals surface area contributed by atoms with E-state index in [2.05, 4.69) is 43.0 Å². The number of nitrogen functional groups attached to an aromatic ring is 1. The van der Waals surface area contributed by atoms with Crippen molar-refractivity contribution >= 4 is 29.0 Å². The second kappa shape index (κ2) is 9.45. The lowest BCUT2D eigenvalue weighted by atomic mass is 10.0. The van der Waals surface area contributed by atoms with Crippen LogP contribution < -0.4 is 11.2 Å². The van der Waals surface area contributed by atoms with E-state index in [0.717, 1.165) is 24.9 Å². The molecule has 1 aliphatic heterocycles. The number of hydrazone groups is 1. The molecule has 11 nitrogen and oxygen atoms in total. The lowest BCUT2D eigenvalue weighted by Gasteiger charge is -2.33. The van der Waals surface area contributed by atoms with Gasteiger partial charge in [-0.2, -0.15) is 9.78 Å². The summed E-state index contributed by atoms with van der Waals surface area (Å²) >= 11 is 6.04. The van der Waals surface area contributed by atoms with Gasteiger partial charge in [0, 0.05) is 17.6 Å². The van der Waals surface area contributed by atoms with Crippen LogP contribution in [0.15, 0.2) is 34.0 Å². The summed E-state index contributed by atoms with van der Waals surface area (Å²) in [7, 11) is 0. The maximum Gasteiger partial charge on any atom is 0.293 e. The Labute approximate surface area is 189 Å². The van der Waals surface area contributed by atoms with Crippen LogP contribution in [0.25, 0.3) is 5.82 Å². The first kappa shape index (κ1) is 21.9. The van der Waals surface area contributed by atoms with Gasteiger partial charge in [0.2, 0.25) is 11.6 Å². The Morgan fingerprint density at radius 3 is 2.94 bits per heavy atom. The van der Waals surface area contributed by atoms with E-state index in [0.29, 0.717) is 29.0 Å². The molecule has 0 bridgehead atoms. The number of likely N-dealkylation sites (tertiary alicyclic amines) is 1. The van der Waals surface area contributed by atoms with Crippen molar-refractivity contribution in [3.8, 4) is 5.82 Å². The van der Waals surface area contributed by atoms with Gasteiger partial charge >= 0.3 is 0 Å². The number of halogens is 1. The van der Waals surface area contributed by atoms with Crippen molar-refractivity contribution in [2.75, 3.05) is 12.3 Å². The SMILES string of the molecule is C/C(=N/NC(=O)c1nnn(-c2nonc2N)c1CN1CCCCC1C)c1cccc(Cl)c1. The quantitative estimate of drug-likeness (QED) is 0.424. The van der Waals surface area contributed by atoms with Crippen molar-refractivity contribution in [3.63, 3.8) is 0 Å². The number of nitrogens with one attached hydrogen (secondary N) is 1. The van der Waals surface area contributed by atoms with E-state index in [1.165, 1.54) is 11.1 Å². The Bertz CT molecular complexity index is 1140. The topological polar surface area (TPSA) is 140 Å². The van der Waals surface area contributed by atoms with Gasteiger partial charge in [0.05, 0.1) is 11.4 Å². The summed E-state index contributed by atoms with van der Waals surface area (Å²) in [5.74, 6) is -0.244. The highest BCUT2D eigenvalue weighted by Gasteiger charge is 2.28. The van der Waals surface area contributed by atoms with Crippen LogP contribution in [0.2, 0.25) is 5.02 Å². The zero-order chi connectivity index (χ0) is 22.7. The zero-order valence-electron chi connectivity index (χ0n) is 17.8. The van der Waals surface area contributed by atoms with Crippen LogP contribution in [0, 0.1) is 0 Å². The van der Waals surface area contributed by atoms with Crippen LogP contribution in [0.4, 0.5) is 5.82 Å². The molecule has 0 saturated carbocycles. The molecule has 1 aromatic carbocycles. The largest absolute Gasteiger partial charge is 0.378 e.